The first kappa shape index (κ1) is 17.6. The van der Waals surface area contributed by atoms with Gasteiger partial charge >= 0.3 is 12.1 Å². The zero-order valence-electron chi connectivity index (χ0n) is 15.4. The first-order chi connectivity index (χ1) is 12.9. The number of hydrogen-bond acceptors (Lipinski definition) is 3. The van der Waals surface area contributed by atoms with Crippen molar-refractivity contribution in [2.45, 2.75) is 31.7 Å². The van der Waals surface area contributed by atoms with E-state index in [-0.39, 0.29) is 24.4 Å². The first-order valence-corrected chi connectivity index (χ1v) is 9.30. The normalized spacial score (nSPS) is 22.9. The lowest BCUT2D eigenvalue weighted by atomic mass is 9.98. The Labute approximate surface area is 158 Å². The van der Waals surface area contributed by atoms with Crippen LogP contribution in [0.15, 0.2) is 48.5 Å². The number of alkyl carbamates (subject to hydrolysis) is 1. The number of ether oxygens (including phenoxy) is 1. The topological polar surface area (TPSA) is 75.6 Å². The van der Waals surface area contributed by atoms with Crippen molar-refractivity contribution in [3.05, 3.63) is 59.7 Å². The summed E-state index contributed by atoms with van der Waals surface area (Å²) in [4.78, 5) is 24.0. The summed E-state index contributed by atoms with van der Waals surface area (Å²) in [5.74, 6) is -0.899. The van der Waals surface area contributed by atoms with Crippen LogP contribution in [0.2, 0.25) is 0 Å². The molecule has 0 heterocycles. The molecule has 140 valence electrons. The van der Waals surface area contributed by atoms with Crippen LogP contribution in [0, 0.1) is 11.8 Å². The Morgan fingerprint density at radius 1 is 1.11 bits per heavy atom. The zero-order chi connectivity index (χ0) is 19.2. The highest BCUT2D eigenvalue weighted by Gasteiger charge is 2.63. The van der Waals surface area contributed by atoms with E-state index >= 15 is 0 Å². The molecule has 1 amide bonds. The van der Waals surface area contributed by atoms with Crippen molar-refractivity contribution in [2.75, 3.05) is 6.61 Å². The SMILES string of the molecule is CC(C)[C@@H]1C[C@@]1(NC(=O)OCC1c2ccccc2-c2ccccc21)C(=O)O. The molecule has 2 N–H and O–H groups in total. The lowest BCUT2D eigenvalue weighted by Gasteiger charge is -2.18. The van der Waals surface area contributed by atoms with Gasteiger partial charge in [-0.1, -0.05) is 62.4 Å². The average molecular weight is 365 g/mol. The van der Waals surface area contributed by atoms with E-state index < -0.39 is 17.6 Å². The minimum Gasteiger partial charge on any atom is -0.479 e. The van der Waals surface area contributed by atoms with Gasteiger partial charge in [-0.15, -0.1) is 0 Å². The monoisotopic (exact) mass is 365 g/mol. The van der Waals surface area contributed by atoms with Crippen LogP contribution < -0.4 is 5.32 Å². The number of aliphatic carboxylic acids is 1. The predicted molar refractivity (Wildman–Crippen MR) is 102 cm³/mol. The van der Waals surface area contributed by atoms with E-state index in [0.29, 0.717) is 6.42 Å². The molecule has 0 aromatic heterocycles. The molecule has 0 spiro atoms. The molecule has 0 radical (unpaired) electrons. The molecule has 0 aliphatic heterocycles. The summed E-state index contributed by atoms with van der Waals surface area (Å²) in [6, 6.07) is 16.2. The van der Waals surface area contributed by atoms with E-state index in [1.54, 1.807) is 0 Å². The molecule has 5 nitrogen and oxygen atoms in total. The third-order valence-corrected chi connectivity index (χ3v) is 5.87. The maximum Gasteiger partial charge on any atom is 0.408 e. The molecule has 1 saturated carbocycles. The quantitative estimate of drug-likeness (QED) is 0.839. The molecule has 2 aliphatic rings. The molecular formula is C22H23NO4. The summed E-state index contributed by atoms with van der Waals surface area (Å²) < 4.78 is 5.48. The third kappa shape index (κ3) is 2.87. The Morgan fingerprint density at radius 2 is 1.67 bits per heavy atom. The molecule has 5 heteroatoms. The maximum atomic E-state index is 12.4. The summed E-state index contributed by atoms with van der Waals surface area (Å²) >= 11 is 0. The van der Waals surface area contributed by atoms with Crippen molar-refractivity contribution in [3.8, 4) is 11.1 Å². The lowest BCUT2D eigenvalue weighted by molar-refractivity contribution is -0.141. The first-order valence-electron chi connectivity index (χ1n) is 9.30. The molecule has 4 rings (SSSR count). The number of benzene rings is 2. The molecule has 2 aliphatic carbocycles. The van der Waals surface area contributed by atoms with Gasteiger partial charge in [0.05, 0.1) is 0 Å². The summed E-state index contributed by atoms with van der Waals surface area (Å²) in [6.07, 6.45) is -0.216. The summed E-state index contributed by atoms with van der Waals surface area (Å²) in [5.41, 5.74) is 3.39. The standard InChI is InChI=1S/C22H23NO4/c1-13(2)19-11-22(19,20(24)25)23-21(26)27-12-18-16-9-5-3-7-14(16)15-8-4-6-10-17(15)18/h3-10,13,18-19H,11-12H2,1-2H3,(H,23,26)(H,24,25)/t19-,22-/m0/s1. The van der Waals surface area contributed by atoms with Gasteiger partial charge in [-0.3, -0.25) is 0 Å². The molecule has 2 atom stereocenters. The van der Waals surface area contributed by atoms with Crippen molar-refractivity contribution in [1.29, 1.82) is 0 Å². The van der Waals surface area contributed by atoms with Crippen molar-refractivity contribution in [2.24, 2.45) is 11.8 Å². The van der Waals surface area contributed by atoms with Gasteiger partial charge in [0, 0.05) is 5.92 Å². The van der Waals surface area contributed by atoms with Gasteiger partial charge in [0.15, 0.2) is 0 Å². The van der Waals surface area contributed by atoms with Crippen LogP contribution >= 0.6 is 0 Å². The minimum absolute atomic E-state index is 0.0379. The highest BCUT2D eigenvalue weighted by Crippen LogP contribution is 2.49. The van der Waals surface area contributed by atoms with E-state index in [1.165, 1.54) is 0 Å². The number of carbonyl (C=O) groups excluding carboxylic acids is 1. The fraction of sp³-hybridized carbons (Fsp3) is 0.364. The summed E-state index contributed by atoms with van der Waals surface area (Å²) in [7, 11) is 0. The summed E-state index contributed by atoms with van der Waals surface area (Å²) in [6.45, 7) is 4.12. The Balaban J connectivity index is 1.48. The van der Waals surface area contributed by atoms with Crippen LogP contribution in [0.3, 0.4) is 0 Å². The molecule has 0 saturated heterocycles. The van der Waals surface area contributed by atoms with Crippen LogP contribution in [-0.4, -0.2) is 29.3 Å². The highest BCUT2D eigenvalue weighted by molar-refractivity contribution is 5.88. The number of amides is 1. The molecule has 27 heavy (non-hydrogen) atoms. The number of hydrogen-bond donors (Lipinski definition) is 2. The second kappa shape index (κ2) is 6.41. The molecule has 2 aromatic rings. The summed E-state index contributed by atoms with van der Waals surface area (Å²) in [5, 5.41) is 12.2. The van der Waals surface area contributed by atoms with Gasteiger partial charge in [0.1, 0.15) is 12.1 Å². The predicted octanol–water partition coefficient (Wildman–Crippen LogP) is 4.02. The van der Waals surface area contributed by atoms with Crippen molar-refractivity contribution in [1.82, 2.24) is 5.32 Å². The maximum absolute atomic E-state index is 12.4. The van der Waals surface area contributed by atoms with E-state index in [9.17, 15) is 14.7 Å². The number of fused-ring (bicyclic) bond motifs is 3. The molecular weight excluding hydrogens is 342 g/mol. The molecule has 0 unspecified atom stereocenters. The van der Waals surface area contributed by atoms with E-state index in [0.717, 1.165) is 22.3 Å². The van der Waals surface area contributed by atoms with Crippen molar-refractivity contribution < 1.29 is 19.4 Å². The van der Waals surface area contributed by atoms with E-state index in [1.807, 2.05) is 38.1 Å². The van der Waals surface area contributed by atoms with Gasteiger partial charge in [-0.25, -0.2) is 9.59 Å². The number of carboxylic acids is 1. The van der Waals surface area contributed by atoms with Crippen LogP contribution in [0.1, 0.15) is 37.3 Å². The highest BCUT2D eigenvalue weighted by atomic mass is 16.5. The molecule has 1 fully saturated rings. The fourth-order valence-corrected chi connectivity index (χ4v) is 4.35. The van der Waals surface area contributed by atoms with E-state index in [2.05, 4.69) is 29.6 Å². The zero-order valence-corrected chi connectivity index (χ0v) is 15.4. The van der Waals surface area contributed by atoms with Gasteiger partial charge in [0.2, 0.25) is 0 Å². The van der Waals surface area contributed by atoms with Gasteiger partial charge in [-0.05, 0) is 40.5 Å². The molecule has 0 bridgehead atoms. The number of rotatable bonds is 5. The van der Waals surface area contributed by atoms with Crippen LogP contribution in [0.4, 0.5) is 4.79 Å². The Hall–Kier alpha value is -2.82. The third-order valence-electron chi connectivity index (χ3n) is 5.87. The van der Waals surface area contributed by atoms with Crippen LogP contribution in [0.25, 0.3) is 11.1 Å². The van der Waals surface area contributed by atoms with Crippen molar-refractivity contribution in [3.63, 3.8) is 0 Å². The number of carboxylic acid groups (broad SMARTS) is 1. The van der Waals surface area contributed by atoms with Gasteiger partial charge < -0.3 is 15.2 Å². The van der Waals surface area contributed by atoms with Gasteiger partial charge in [0.25, 0.3) is 0 Å². The number of nitrogens with one attached hydrogen (secondary N) is 1. The Kier molecular flexibility index (Phi) is 4.17. The minimum atomic E-state index is -1.18. The second-order valence-electron chi connectivity index (χ2n) is 7.78. The largest absolute Gasteiger partial charge is 0.479 e. The van der Waals surface area contributed by atoms with E-state index in [4.69, 9.17) is 4.74 Å². The Bertz CT molecular complexity index is 861. The van der Waals surface area contributed by atoms with Gasteiger partial charge in [-0.2, -0.15) is 0 Å². The average Bonchev–Trinajstić information content (AvgIpc) is 3.30. The smallest absolute Gasteiger partial charge is 0.408 e. The Morgan fingerprint density at radius 3 is 2.15 bits per heavy atom. The number of carbonyl (C=O) groups is 2. The van der Waals surface area contributed by atoms with Crippen LogP contribution in [0.5, 0.6) is 0 Å². The second-order valence-corrected chi connectivity index (χ2v) is 7.78. The molecule has 2 aromatic carbocycles. The van der Waals surface area contributed by atoms with Crippen LogP contribution in [-0.2, 0) is 9.53 Å². The van der Waals surface area contributed by atoms with Crippen molar-refractivity contribution >= 4 is 12.1 Å². The fourth-order valence-electron chi connectivity index (χ4n) is 4.35. The lowest BCUT2D eigenvalue weighted by Crippen LogP contribution is -2.46.